The molecule has 3 rings (SSSR count). The van der Waals surface area contributed by atoms with Crippen molar-refractivity contribution in [1.82, 2.24) is 5.43 Å². The molecular formula is C22H24FN3O2. The van der Waals surface area contributed by atoms with Gasteiger partial charge >= 0.3 is 0 Å². The SMILES string of the molecule is COc1cc2c(cc1/C=N\NC(=O)c1cccc(F)c1)C(C)=CC(C)(C)N2C. The second kappa shape index (κ2) is 7.46. The summed E-state index contributed by atoms with van der Waals surface area (Å²) < 4.78 is 18.8. The van der Waals surface area contributed by atoms with Crippen molar-refractivity contribution in [3.05, 3.63) is 65.0 Å². The van der Waals surface area contributed by atoms with Crippen LogP contribution in [-0.4, -0.2) is 31.8 Å². The van der Waals surface area contributed by atoms with Gasteiger partial charge in [0, 0.05) is 35.5 Å². The number of hydrogen-bond acceptors (Lipinski definition) is 4. The predicted molar refractivity (Wildman–Crippen MR) is 111 cm³/mol. The lowest BCUT2D eigenvalue weighted by Crippen LogP contribution is -2.42. The van der Waals surface area contributed by atoms with Crippen LogP contribution in [0, 0.1) is 5.82 Å². The van der Waals surface area contributed by atoms with Gasteiger partial charge in [0.1, 0.15) is 11.6 Å². The van der Waals surface area contributed by atoms with Gasteiger partial charge in [0.15, 0.2) is 0 Å². The number of carbonyl (C=O) groups excluding carboxylic acids is 1. The Hall–Kier alpha value is -3.15. The average molecular weight is 381 g/mol. The number of allylic oxidation sites excluding steroid dienone is 1. The zero-order valence-electron chi connectivity index (χ0n) is 16.7. The molecule has 1 heterocycles. The normalized spacial score (nSPS) is 15.2. The Morgan fingerprint density at radius 3 is 2.71 bits per heavy atom. The molecule has 1 amide bonds. The molecule has 0 spiro atoms. The van der Waals surface area contributed by atoms with Crippen molar-refractivity contribution < 1.29 is 13.9 Å². The molecule has 0 bridgehead atoms. The van der Waals surface area contributed by atoms with Crippen LogP contribution in [0.2, 0.25) is 0 Å². The first-order chi connectivity index (χ1) is 13.2. The Kier molecular flexibility index (Phi) is 5.23. The fraction of sp³-hybridized carbons (Fsp3) is 0.273. The Labute approximate surface area is 164 Å². The summed E-state index contributed by atoms with van der Waals surface area (Å²) in [6.45, 7) is 6.39. The lowest BCUT2D eigenvalue weighted by Gasteiger charge is -2.40. The lowest BCUT2D eigenvalue weighted by molar-refractivity contribution is 0.0954. The van der Waals surface area contributed by atoms with Gasteiger partial charge < -0.3 is 9.64 Å². The molecule has 0 radical (unpaired) electrons. The van der Waals surface area contributed by atoms with Crippen LogP contribution < -0.4 is 15.1 Å². The Morgan fingerprint density at radius 1 is 1.29 bits per heavy atom. The highest BCUT2D eigenvalue weighted by Crippen LogP contribution is 2.40. The fourth-order valence-electron chi connectivity index (χ4n) is 3.33. The maximum Gasteiger partial charge on any atom is 0.271 e. The first kappa shape index (κ1) is 19.6. The number of nitrogens with zero attached hydrogens (tertiary/aromatic N) is 2. The number of hydrogen-bond donors (Lipinski definition) is 1. The van der Waals surface area contributed by atoms with Crippen LogP contribution in [0.3, 0.4) is 0 Å². The average Bonchev–Trinajstić information content (AvgIpc) is 2.65. The van der Waals surface area contributed by atoms with Gasteiger partial charge in [-0.25, -0.2) is 9.82 Å². The molecule has 6 heteroatoms. The van der Waals surface area contributed by atoms with Crippen molar-refractivity contribution in [2.75, 3.05) is 19.1 Å². The molecule has 146 valence electrons. The summed E-state index contributed by atoms with van der Waals surface area (Å²) in [6, 6.07) is 9.42. The van der Waals surface area contributed by atoms with Crippen molar-refractivity contribution in [3.8, 4) is 5.75 Å². The Morgan fingerprint density at radius 2 is 2.04 bits per heavy atom. The van der Waals surface area contributed by atoms with Gasteiger partial charge in [0.25, 0.3) is 5.91 Å². The van der Waals surface area contributed by atoms with Gasteiger partial charge in [0.05, 0.1) is 18.9 Å². The number of likely N-dealkylation sites (N-methyl/N-ethyl adjacent to an activating group) is 1. The van der Waals surface area contributed by atoms with Crippen molar-refractivity contribution in [3.63, 3.8) is 0 Å². The number of benzene rings is 2. The third kappa shape index (κ3) is 3.76. The molecule has 0 saturated heterocycles. The highest BCUT2D eigenvalue weighted by atomic mass is 19.1. The van der Waals surface area contributed by atoms with E-state index in [-0.39, 0.29) is 11.1 Å². The van der Waals surface area contributed by atoms with Gasteiger partial charge in [-0.3, -0.25) is 4.79 Å². The molecule has 5 nitrogen and oxygen atoms in total. The van der Waals surface area contributed by atoms with Crippen LogP contribution >= 0.6 is 0 Å². The van der Waals surface area contributed by atoms with Gasteiger partial charge in [-0.05, 0) is 50.6 Å². The van der Waals surface area contributed by atoms with E-state index in [1.165, 1.54) is 30.0 Å². The number of amides is 1. The quantitative estimate of drug-likeness (QED) is 0.637. The third-order valence-electron chi connectivity index (χ3n) is 5.02. The van der Waals surface area contributed by atoms with E-state index in [1.807, 2.05) is 19.2 Å². The van der Waals surface area contributed by atoms with Crippen LogP contribution in [0.1, 0.15) is 42.3 Å². The van der Waals surface area contributed by atoms with E-state index in [0.717, 1.165) is 22.9 Å². The molecule has 0 unspecified atom stereocenters. The minimum atomic E-state index is -0.481. The number of nitrogens with one attached hydrogen (secondary N) is 1. The molecule has 0 atom stereocenters. The molecule has 1 aliphatic heterocycles. The van der Waals surface area contributed by atoms with Crippen molar-refractivity contribution in [1.29, 1.82) is 0 Å². The second-order valence-corrected chi connectivity index (χ2v) is 7.36. The van der Waals surface area contributed by atoms with Crippen LogP contribution in [0.4, 0.5) is 10.1 Å². The van der Waals surface area contributed by atoms with E-state index < -0.39 is 11.7 Å². The van der Waals surface area contributed by atoms with Gasteiger partial charge in [-0.1, -0.05) is 12.1 Å². The summed E-state index contributed by atoms with van der Waals surface area (Å²) in [7, 11) is 3.65. The number of methoxy groups -OCH3 is 1. The first-order valence-electron chi connectivity index (χ1n) is 8.97. The van der Waals surface area contributed by atoms with E-state index in [4.69, 9.17) is 4.74 Å². The lowest BCUT2D eigenvalue weighted by atomic mass is 9.88. The highest BCUT2D eigenvalue weighted by Gasteiger charge is 2.29. The van der Waals surface area contributed by atoms with Crippen molar-refractivity contribution in [2.45, 2.75) is 26.3 Å². The third-order valence-corrected chi connectivity index (χ3v) is 5.02. The van der Waals surface area contributed by atoms with Crippen molar-refractivity contribution in [2.24, 2.45) is 5.10 Å². The van der Waals surface area contributed by atoms with E-state index in [0.29, 0.717) is 5.75 Å². The smallest absolute Gasteiger partial charge is 0.271 e. The Balaban J connectivity index is 1.88. The van der Waals surface area contributed by atoms with E-state index in [1.54, 1.807) is 7.11 Å². The van der Waals surface area contributed by atoms with E-state index >= 15 is 0 Å². The summed E-state index contributed by atoms with van der Waals surface area (Å²) in [6.07, 6.45) is 3.75. The van der Waals surface area contributed by atoms with Crippen LogP contribution in [0.25, 0.3) is 5.57 Å². The number of anilines is 1. The molecule has 0 aliphatic carbocycles. The maximum atomic E-state index is 13.3. The Bertz CT molecular complexity index is 980. The summed E-state index contributed by atoms with van der Waals surface area (Å²) in [5.74, 6) is -0.299. The number of rotatable bonds is 4. The van der Waals surface area contributed by atoms with Crippen molar-refractivity contribution >= 4 is 23.4 Å². The monoisotopic (exact) mass is 381 g/mol. The first-order valence-corrected chi connectivity index (χ1v) is 8.97. The summed E-state index contributed by atoms with van der Waals surface area (Å²) in [4.78, 5) is 14.3. The molecular weight excluding hydrogens is 357 g/mol. The summed E-state index contributed by atoms with van der Waals surface area (Å²) in [5, 5.41) is 4.02. The predicted octanol–water partition coefficient (Wildman–Crippen LogP) is 4.23. The fourth-order valence-corrected chi connectivity index (χ4v) is 3.33. The van der Waals surface area contributed by atoms with Crippen LogP contribution in [0.5, 0.6) is 5.75 Å². The summed E-state index contributed by atoms with van der Waals surface area (Å²) in [5.41, 5.74) is 6.59. The number of hydrazone groups is 1. The second-order valence-electron chi connectivity index (χ2n) is 7.36. The number of carbonyl (C=O) groups is 1. The molecule has 28 heavy (non-hydrogen) atoms. The maximum absolute atomic E-state index is 13.3. The van der Waals surface area contributed by atoms with Crippen LogP contribution in [-0.2, 0) is 0 Å². The van der Waals surface area contributed by atoms with Crippen LogP contribution in [0.15, 0.2) is 47.6 Å². The topological polar surface area (TPSA) is 53.9 Å². The summed E-state index contributed by atoms with van der Waals surface area (Å²) >= 11 is 0. The van der Waals surface area contributed by atoms with Gasteiger partial charge in [0.2, 0.25) is 0 Å². The number of ether oxygens (including phenoxy) is 1. The molecule has 1 N–H and O–H groups in total. The standard InChI is InChI=1S/C22H24FN3O2/c1-14-12-22(2,3)26(4)19-11-20(28-5)16(10-18(14)19)13-24-25-21(27)15-7-6-8-17(23)9-15/h6-13H,1-5H3,(H,25,27)/b24-13-. The van der Waals surface area contributed by atoms with Gasteiger partial charge in [-0.2, -0.15) is 5.10 Å². The van der Waals surface area contributed by atoms with Gasteiger partial charge in [-0.15, -0.1) is 0 Å². The molecule has 0 aromatic heterocycles. The molecule has 0 saturated carbocycles. The van der Waals surface area contributed by atoms with E-state index in [9.17, 15) is 9.18 Å². The largest absolute Gasteiger partial charge is 0.496 e. The molecule has 2 aromatic rings. The number of halogens is 1. The zero-order valence-corrected chi connectivity index (χ0v) is 16.7. The minimum absolute atomic E-state index is 0.101. The van der Waals surface area contributed by atoms with E-state index in [2.05, 4.69) is 42.3 Å². The molecule has 0 fully saturated rings. The molecule has 2 aromatic carbocycles. The minimum Gasteiger partial charge on any atom is -0.496 e. The number of fused-ring (bicyclic) bond motifs is 1. The zero-order chi connectivity index (χ0) is 20.5. The highest BCUT2D eigenvalue weighted by molar-refractivity contribution is 5.95. The molecule has 1 aliphatic rings.